The van der Waals surface area contributed by atoms with Gasteiger partial charge in [-0.3, -0.25) is 4.79 Å². The maximum Gasteiger partial charge on any atom is 0.248 e. The molecule has 1 atom stereocenters. The van der Waals surface area contributed by atoms with Crippen LogP contribution in [0.15, 0.2) is 47.7 Å². The van der Waals surface area contributed by atoms with E-state index >= 15 is 0 Å². The van der Waals surface area contributed by atoms with Gasteiger partial charge in [-0.1, -0.05) is 12.1 Å². The van der Waals surface area contributed by atoms with Gasteiger partial charge in [-0.25, -0.2) is 4.68 Å². The molecule has 4 rings (SSSR count). The Labute approximate surface area is 190 Å². The summed E-state index contributed by atoms with van der Waals surface area (Å²) in [5.41, 5.74) is 8.08. The lowest BCUT2D eigenvalue weighted by molar-refractivity contribution is -0.115. The fourth-order valence-electron chi connectivity index (χ4n) is 3.91. The highest BCUT2D eigenvalue weighted by atomic mass is 16.5. The summed E-state index contributed by atoms with van der Waals surface area (Å²) in [6, 6.07) is 10.2. The number of rotatable bonds is 7. The molecule has 33 heavy (non-hydrogen) atoms. The number of methoxy groups -OCH3 is 4. The number of amides is 1. The smallest absolute Gasteiger partial charge is 0.248 e. The van der Waals surface area contributed by atoms with E-state index in [1.165, 1.54) is 21.3 Å². The van der Waals surface area contributed by atoms with Crippen LogP contribution in [0.5, 0.6) is 23.0 Å². The molecule has 2 heterocycles. The molecule has 0 saturated heterocycles. The summed E-state index contributed by atoms with van der Waals surface area (Å²) in [5.74, 6) is 2.45. The van der Waals surface area contributed by atoms with Crippen molar-refractivity contribution >= 4 is 11.9 Å². The number of allylic oxidation sites excluding steroid dienone is 1. The molecule has 0 radical (unpaired) electrons. The Bertz CT molecular complexity index is 1250. The van der Waals surface area contributed by atoms with Gasteiger partial charge in [0.15, 0.2) is 17.3 Å². The minimum absolute atomic E-state index is 0.329. The van der Waals surface area contributed by atoms with Crippen LogP contribution < -0.4 is 30.0 Å². The number of fused-ring (bicyclic) bond motifs is 1. The molecule has 0 fully saturated rings. The minimum Gasteiger partial charge on any atom is -0.497 e. The average molecular weight is 451 g/mol. The summed E-state index contributed by atoms with van der Waals surface area (Å²) in [4.78, 5) is 17.2. The Morgan fingerprint density at radius 3 is 2.33 bits per heavy atom. The zero-order valence-corrected chi connectivity index (χ0v) is 19.0. The van der Waals surface area contributed by atoms with Crippen LogP contribution in [-0.4, -0.2) is 49.1 Å². The molecule has 0 aliphatic carbocycles. The van der Waals surface area contributed by atoms with Crippen molar-refractivity contribution in [2.24, 2.45) is 5.73 Å². The van der Waals surface area contributed by atoms with Gasteiger partial charge in [-0.05, 0) is 25.1 Å². The predicted octanol–water partition coefficient (Wildman–Crippen LogP) is 2.75. The number of primary amides is 1. The standard InChI is InChI=1S/C23H25N5O5/c1-12-19(21(24)29)20(15-10-17(32-4)18(33-5)11-16(15)31-3)28-23(25-12)26-22(27-28)13-7-6-8-14(9-13)30-2/h6-11,20H,1-5H3,(H2,24,29)(H,25,26,27)/t20-/m1/s1. The van der Waals surface area contributed by atoms with Gasteiger partial charge in [0.25, 0.3) is 0 Å². The second-order valence-corrected chi connectivity index (χ2v) is 7.32. The molecule has 0 unspecified atom stereocenters. The van der Waals surface area contributed by atoms with Crippen LogP contribution in [0.1, 0.15) is 18.5 Å². The fraction of sp³-hybridized carbons (Fsp3) is 0.261. The Hall–Kier alpha value is -4.21. The molecule has 0 saturated carbocycles. The first kappa shape index (κ1) is 22.0. The summed E-state index contributed by atoms with van der Waals surface area (Å²) in [5, 5.41) is 7.85. The van der Waals surface area contributed by atoms with E-state index < -0.39 is 11.9 Å². The van der Waals surface area contributed by atoms with Crippen molar-refractivity contribution in [1.29, 1.82) is 0 Å². The predicted molar refractivity (Wildman–Crippen MR) is 122 cm³/mol. The zero-order chi connectivity index (χ0) is 23.7. The molecule has 0 spiro atoms. The summed E-state index contributed by atoms with van der Waals surface area (Å²) < 4.78 is 23.5. The number of aromatic nitrogens is 3. The van der Waals surface area contributed by atoms with Crippen molar-refractivity contribution in [2.75, 3.05) is 33.8 Å². The van der Waals surface area contributed by atoms with Crippen molar-refractivity contribution in [1.82, 2.24) is 14.8 Å². The largest absolute Gasteiger partial charge is 0.497 e. The van der Waals surface area contributed by atoms with Crippen LogP contribution in [0.2, 0.25) is 0 Å². The SMILES string of the molecule is COc1cccc(-c2nc3n(n2)[C@H](c2cc(OC)c(OC)cc2OC)C(C(N)=O)=C(C)N3)c1. The van der Waals surface area contributed by atoms with Crippen molar-refractivity contribution in [3.8, 4) is 34.4 Å². The molecular weight excluding hydrogens is 426 g/mol. The van der Waals surface area contributed by atoms with Gasteiger partial charge < -0.3 is 30.0 Å². The maximum absolute atomic E-state index is 12.5. The lowest BCUT2D eigenvalue weighted by atomic mass is 9.94. The van der Waals surface area contributed by atoms with Crippen molar-refractivity contribution in [3.05, 3.63) is 53.2 Å². The van der Waals surface area contributed by atoms with Gasteiger partial charge in [0.1, 0.15) is 17.5 Å². The number of nitrogens with zero attached hydrogens (tertiary/aromatic N) is 3. The molecule has 0 bridgehead atoms. The maximum atomic E-state index is 12.5. The van der Waals surface area contributed by atoms with Gasteiger partial charge in [0, 0.05) is 22.9 Å². The Kier molecular flexibility index (Phi) is 5.82. The molecule has 2 aromatic carbocycles. The van der Waals surface area contributed by atoms with Crippen LogP contribution >= 0.6 is 0 Å². The molecule has 1 aliphatic heterocycles. The van der Waals surface area contributed by atoms with Crippen LogP contribution in [0.3, 0.4) is 0 Å². The van der Waals surface area contributed by atoms with E-state index in [4.69, 9.17) is 29.8 Å². The topological polar surface area (TPSA) is 123 Å². The number of benzene rings is 2. The van der Waals surface area contributed by atoms with E-state index in [9.17, 15) is 4.79 Å². The average Bonchev–Trinajstić information content (AvgIpc) is 3.25. The second-order valence-electron chi connectivity index (χ2n) is 7.32. The molecule has 3 aromatic rings. The number of nitrogens with one attached hydrogen (secondary N) is 1. The van der Waals surface area contributed by atoms with Gasteiger partial charge in [-0.15, -0.1) is 5.10 Å². The molecular formula is C23H25N5O5. The monoisotopic (exact) mass is 451 g/mol. The van der Waals surface area contributed by atoms with Gasteiger partial charge in [0.05, 0.1) is 34.0 Å². The van der Waals surface area contributed by atoms with Gasteiger partial charge in [-0.2, -0.15) is 4.98 Å². The summed E-state index contributed by atoms with van der Waals surface area (Å²) in [7, 11) is 6.21. The van der Waals surface area contributed by atoms with E-state index in [0.29, 0.717) is 51.6 Å². The van der Waals surface area contributed by atoms with E-state index in [2.05, 4.69) is 10.3 Å². The van der Waals surface area contributed by atoms with Crippen LogP contribution in [-0.2, 0) is 4.79 Å². The lowest BCUT2D eigenvalue weighted by Crippen LogP contribution is -2.32. The third-order valence-electron chi connectivity index (χ3n) is 5.48. The molecule has 3 N–H and O–H groups in total. The number of nitrogens with two attached hydrogens (primary N) is 1. The molecule has 1 aliphatic rings. The first-order valence-electron chi connectivity index (χ1n) is 10.1. The minimum atomic E-state index is -0.708. The number of ether oxygens (including phenoxy) is 4. The van der Waals surface area contributed by atoms with Crippen LogP contribution in [0.25, 0.3) is 11.4 Å². The number of carbonyl (C=O) groups excluding carboxylic acids is 1. The van der Waals surface area contributed by atoms with Crippen molar-refractivity contribution < 1.29 is 23.7 Å². The Balaban J connectivity index is 1.94. The Morgan fingerprint density at radius 1 is 1.00 bits per heavy atom. The van der Waals surface area contributed by atoms with Crippen molar-refractivity contribution in [2.45, 2.75) is 13.0 Å². The van der Waals surface area contributed by atoms with Crippen LogP contribution in [0, 0.1) is 0 Å². The van der Waals surface area contributed by atoms with E-state index in [1.54, 1.807) is 30.8 Å². The normalized spacial score (nSPS) is 14.9. The first-order valence-corrected chi connectivity index (χ1v) is 10.1. The highest BCUT2D eigenvalue weighted by Crippen LogP contribution is 2.44. The second kappa shape index (κ2) is 8.73. The summed E-state index contributed by atoms with van der Waals surface area (Å²) >= 11 is 0. The quantitative estimate of drug-likeness (QED) is 0.562. The lowest BCUT2D eigenvalue weighted by Gasteiger charge is -2.29. The van der Waals surface area contributed by atoms with E-state index in [1.807, 2.05) is 24.3 Å². The first-order chi connectivity index (χ1) is 15.9. The highest BCUT2D eigenvalue weighted by molar-refractivity contribution is 5.95. The van der Waals surface area contributed by atoms with E-state index in [-0.39, 0.29) is 0 Å². The molecule has 172 valence electrons. The zero-order valence-electron chi connectivity index (χ0n) is 19.0. The van der Waals surface area contributed by atoms with E-state index in [0.717, 1.165) is 5.56 Å². The summed E-state index contributed by atoms with van der Waals surface area (Å²) in [6.45, 7) is 1.77. The number of hydrogen-bond acceptors (Lipinski definition) is 8. The molecule has 1 amide bonds. The molecule has 10 heteroatoms. The number of anilines is 1. The molecule has 1 aromatic heterocycles. The Morgan fingerprint density at radius 2 is 1.70 bits per heavy atom. The fourth-order valence-corrected chi connectivity index (χ4v) is 3.91. The third kappa shape index (κ3) is 3.79. The van der Waals surface area contributed by atoms with Gasteiger partial charge >= 0.3 is 0 Å². The third-order valence-corrected chi connectivity index (χ3v) is 5.48. The summed E-state index contributed by atoms with van der Waals surface area (Å²) in [6.07, 6.45) is 0. The molecule has 10 nitrogen and oxygen atoms in total. The van der Waals surface area contributed by atoms with Crippen molar-refractivity contribution in [3.63, 3.8) is 0 Å². The van der Waals surface area contributed by atoms with Gasteiger partial charge in [0.2, 0.25) is 11.9 Å². The van der Waals surface area contributed by atoms with Crippen LogP contribution in [0.4, 0.5) is 5.95 Å². The number of carbonyl (C=O) groups is 1. The number of hydrogen-bond donors (Lipinski definition) is 2. The highest BCUT2D eigenvalue weighted by Gasteiger charge is 2.36.